The predicted molar refractivity (Wildman–Crippen MR) is 128 cm³/mol. The van der Waals surface area contributed by atoms with Gasteiger partial charge in [0.1, 0.15) is 36.3 Å². The van der Waals surface area contributed by atoms with E-state index < -0.39 is 65.5 Å². The van der Waals surface area contributed by atoms with E-state index >= 15 is 0 Å². The molecule has 0 aliphatic carbocycles. The Morgan fingerprint density at radius 1 is 1.23 bits per heavy atom. The van der Waals surface area contributed by atoms with Gasteiger partial charge < -0.3 is 20.3 Å². The molecule has 0 radical (unpaired) electrons. The number of allylic oxidation sites excluding steroid dienone is 1. The lowest BCUT2D eigenvalue weighted by molar-refractivity contribution is -0.273. The number of rotatable bonds is 5. The monoisotopic (exact) mass is 588 g/mol. The topological polar surface area (TPSA) is 121 Å². The molecular formula is C24H19ClF6N6O3. The quantitative estimate of drug-likeness (QED) is 0.265. The number of aliphatic hydroxyl groups is 1. The summed E-state index contributed by atoms with van der Waals surface area (Å²) >= 11 is 5.94. The minimum Gasteiger partial charge on any atom is -0.404 e. The normalized spacial score (nSPS) is 25.2. The molecule has 3 N–H and O–H groups in total. The number of pyridine rings is 1. The number of fused-ring (bicyclic) bond motifs is 1. The van der Waals surface area contributed by atoms with Gasteiger partial charge in [0, 0.05) is 24.2 Å². The van der Waals surface area contributed by atoms with Crippen LogP contribution in [0.4, 0.5) is 26.3 Å². The summed E-state index contributed by atoms with van der Waals surface area (Å²) in [6.45, 7) is 1.53. The van der Waals surface area contributed by atoms with Gasteiger partial charge >= 0.3 is 6.18 Å². The number of aliphatic imine (C=N–C) groups is 1. The van der Waals surface area contributed by atoms with E-state index in [2.05, 4.69) is 20.1 Å². The Morgan fingerprint density at radius 2 is 1.93 bits per heavy atom. The first-order chi connectivity index (χ1) is 18.9. The maximum absolute atomic E-state index is 13.8. The summed E-state index contributed by atoms with van der Waals surface area (Å²) in [6, 6.07) is 1.37. The standard InChI is InChI=1S/C24H19ClF6N6O3/c1-9-35-23(37(36-9)15-4-12(25)7-34-22(15)24(29,30)31)21-19(38)18(20-16(40-21)8-39-20)33-6-11(5-32)10-2-13(26)17(28)14(27)3-10/h2-7,16,18-21,38H,8,32H2,1H3/b11-5+,33-6?. The molecule has 1 aromatic carbocycles. The Labute approximate surface area is 226 Å². The first kappa shape index (κ1) is 28.0. The second-order valence-electron chi connectivity index (χ2n) is 8.98. The van der Waals surface area contributed by atoms with Gasteiger partial charge in [-0.2, -0.15) is 18.3 Å². The first-order valence-corrected chi connectivity index (χ1v) is 12.0. The number of ether oxygens (including phenoxy) is 2. The zero-order chi connectivity index (χ0) is 28.9. The van der Waals surface area contributed by atoms with E-state index in [9.17, 15) is 31.4 Å². The van der Waals surface area contributed by atoms with Crippen LogP contribution >= 0.6 is 11.6 Å². The molecule has 5 atom stereocenters. The van der Waals surface area contributed by atoms with Crippen molar-refractivity contribution in [3.8, 4) is 5.69 Å². The number of hydrogen-bond acceptors (Lipinski definition) is 8. The van der Waals surface area contributed by atoms with Crippen molar-refractivity contribution >= 4 is 23.4 Å². The van der Waals surface area contributed by atoms with Gasteiger partial charge in [-0.05, 0) is 30.7 Å². The van der Waals surface area contributed by atoms with Crippen molar-refractivity contribution in [1.82, 2.24) is 19.7 Å². The third kappa shape index (κ3) is 5.05. The van der Waals surface area contributed by atoms with Crippen LogP contribution in [-0.2, 0) is 15.7 Å². The van der Waals surface area contributed by atoms with Crippen molar-refractivity contribution in [3.05, 3.63) is 76.0 Å². The van der Waals surface area contributed by atoms with Gasteiger partial charge in [0.05, 0.1) is 17.3 Å². The molecule has 0 spiro atoms. The zero-order valence-electron chi connectivity index (χ0n) is 20.3. The van der Waals surface area contributed by atoms with Crippen LogP contribution in [0.15, 0.2) is 35.6 Å². The van der Waals surface area contributed by atoms with Crippen molar-refractivity contribution in [3.63, 3.8) is 0 Å². The number of nitrogens with two attached hydrogens (primary N) is 1. The van der Waals surface area contributed by atoms with Crippen molar-refractivity contribution in [2.45, 2.75) is 43.6 Å². The highest BCUT2D eigenvalue weighted by Crippen LogP contribution is 2.40. The molecule has 2 saturated heterocycles. The summed E-state index contributed by atoms with van der Waals surface area (Å²) in [5.74, 6) is -4.66. The number of alkyl halides is 3. The second-order valence-corrected chi connectivity index (χ2v) is 9.41. The molecule has 0 amide bonds. The Hall–Kier alpha value is -3.53. The molecule has 40 heavy (non-hydrogen) atoms. The van der Waals surface area contributed by atoms with Crippen LogP contribution in [0.3, 0.4) is 0 Å². The largest absolute Gasteiger partial charge is 0.435 e. The molecule has 5 rings (SSSR count). The summed E-state index contributed by atoms with van der Waals surface area (Å²) in [7, 11) is 0. The van der Waals surface area contributed by atoms with E-state index in [0.717, 1.165) is 41.5 Å². The summed E-state index contributed by atoms with van der Waals surface area (Å²) in [4.78, 5) is 11.9. The molecule has 0 bridgehead atoms. The lowest BCUT2D eigenvalue weighted by Gasteiger charge is -2.48. The van der Waals surface area contributed by atoms with Crippen molar-refractivity contribution < 1.29 is 40.9 Å². The lowest BCUT2D eigenvalue weighted by atomic mass is 9.89. The fourth-order valence-corrected chi connectivity index (χ4v) is 4.61. The van der Waals surface area contributed by atoms with Crippen LogP contribution in [0.1, 0.15) is 29.0 Å². The Morgan fingerprint density at radius 3 is 2.52 bits per heavy atom. The van der Waals surface area contributed by atoms with E-state index in [-0.39, 0.29) is 34.4 Å². The van der Waals surface area contributed by atoms with E-state index in [1.165, 1.54) is 6.92 Å². The zero-order valence-corrected chi connectivity index (χ0v) is 21.0. The Balaban J connectivity index is 1.51. The van der Waals surface area contributed by atoms with E-state index in [1.54, 1.807) is 0 Å². The number of hydrogen-bond donors (Lipinski definition) is 2. The number of benzene rings is 1. The maximum atomic E-state index is 13.8. The summed E-state index contributed by atoms with van der Waals surface area (Å²) < 4.78 is 94.5. The van der Waals surface area contributed by atoms with E-state index in [1.807, 2.05) is 0 Å². The molecular weight excluding hydrogens is 570 g/mol. The molecule has 2 fully saturated rings. The number of aryl methyl sites for hydroxylation is 1. The minimum absolute atomic E-state index is 0.0113. The molecule has 5 unspecified atom stereocenters. The fourth-order valence-electron chi connectivity index (χ4n) is 4.45. The Bertz CT molecular complexity index is 1490. The molecule has 2 aromatic heterocycles. The molecule has 16 heteroatoms. The minimum atomic E-state index is -4.87. The third-order valence-electron chi connectivity index (χ3n) is 6.34. The number of aromatic nitrogens is 4. The van der Waals surface area contributed by atoms with Crippen LogP contribution in [0.5, 0.6) is 0 Å². The van der Waals surface area contributed by atoms with Gasteiger partial charge in [0.2, 0.25) is 0 Å². The van der Waals surface area contributed by atoms with E-state index in [4.69, 9.17) is 26.8 Å². The summed E-state index contributed by atoms with van der Waals surface area (Å²) in [5.41, 5.74) is 3.63. The number of halogens is 7. The van der Waals surface area contributed by atoms with Crippen LogP contribution < -0.4 is 5.73 Å². The van der Waals surface area contributed by atoms with Crippen molar-refractivity contribution in [2.24, 2.45) is 10.7 Å². The smallest absolute Gasteiger partial charge is 0.404 e. The van der Waals surface area contributed by atoms with Gasteiger partial charge in [-0.15, -0.1) is 0 Å². The molecule has 9 nitrogen and oxygen atoms in total. The fraction of sp³-hybridized carbons (Fsp3) is 0.333. The Kier molecular flexibility index (Phi) is 7.33. The SMILES string of the molecule is Cc1nc(C2OC3COC3C(N=C/C(=C\N)c3cc(F)c(F)c(F)c3)C2O)n(-c2cc(Cl)cnc2C(F)(F)F)n1. The highest BCUT2D eigenvalue weighted by atomic mass is 35.5. The van der Waals surface area contributed by atoms with Crippen LogP contribution in [-0.4, -0.2) is 62.0 Å². The third-order valence-corrected chi connectivity index (χ3v) is 6.55. The molecule has 3 aromatic rings. The summed E-state index contributed by atoms with van der Waals surface area (Å²) in [5, 5.41) is 15.2. The van der Waals surface area contributed by atoms with E-state index in [0.29, 0.717) is 0 Å². The van der Waals surface area contributed by atoms with Gasteiger partial charge in [-0.3, -0.25) is 4.99 Å². The van der Waals surface area contributed by atoms with Gasteiger partial charge in [-0.25, -0.2) is 27.8 Å². The van der Waals surface area contributed by atoms with Gasteiger partial charge in [-0.1, -0.05) is 11.6 Å². The molecule has 2 aliphatic heterocycles. The number of nitrogens with zero attached hydrogens (tertiary/aromatic N) is 5. The highest BCUT2D eigenvalue weighted by Gasteiger charge is 2.53. The second kappa shape index (κ2) is 10.5. The molecule has 4 heterocycles. The average Bonchev–Trinajstić information content (AvgIpc) is 3.25. The first-order valence-electron chi connectivity index (χ1n) is 11.6. The molecule has 2 aliphatic rings. The predicted octanol–water partition coefficient (Wildman–Crippen LogP) is 3.70. The highest BCUT2D eigenvalue weighted by molar-refractivity contribution is 6.30. The van der Waals surface area contributed by atoms with Gasteiger partial charge in [0.25, 0.3) is 0 Å². The van der Waals surface area contributed by atoms with Gasteiger partial charge in [0.15, 0.2) is 29.0 Å². The lowest BCUT2D eigenvalue weighted by Crippen LogP contribution is -2.62. The van der Waals surface area contributed by atoms with Crippen molar-refractivity contribution in [2.75, 3.05) is 6.61 Å². The average molecular weight is 589 g/mol. The van der Waals surface area contributed by atoms with Crippen LogP contribution in [0.2, 0.25) is 5.02 Å². The molecule has 212 valence electrons. The molecule has 0 saturated carbocycles. The van der Waals surface area contributed by atoms with Crippen molar-refractivity contribution in [1.29, 1.82) is 0 Å². The number of aliphatic hydroxyl groups excluding tert-OH is 1. The van der Waals surface area contributed by atoms with Crippen LogP contribution in [0.25, 0.3) is 11.3 Å². The summed E-state index contributed by atoms with van der Waals surface area (Å²) in [6.07, 6.45) is -6.21. The van der Waals surface area contributed by atoms with Crippen LogP contribution in [0, 0.1) is 24.4 Å². The maximum Gasteiger partial charge on any atom is 0.435 e.